The van der Waals surface area contributed by atoms with Crippen LogP contribution in [0, 0.1) is 5.92 Å². The molecule has 118 valence electrons. The van der Waals surface area contributed by atoms with Crippen molar-refractivity contribution in [1.29, 1.82) is 0 Å². The molecule has 0 aromatic rings. The van der Waals surface area contributed by atoms with Crippen molar-refractivity contribution < 1.29 is 14.7 Å². The first-order valence-electron chi connectivity index (χ1n) is 7.64. The number of amides is 2. The van der Waals surface area contributed by atoms with E-state index in [-0.39, 0.29) is 18.0 Å². The molecule has 2 amide bonds. The second-order valence-corrected chi connectivity index (χ2v) is 5.64. The third kappa shape index (κ3) is 8.02. The molecule has 0 aliphatic carbocycles. The standard InChI is InChI=1S/C15H30N2O3/c1-5-12(8-9-13(18)19)10-11-16-14(20)17-15(4,6-2)7-3/h12H,5-11H2,1-4H3,(H,18,19)(H2,16,17,20). The smallest absolute Gasteiger partial charge is 0.315 e. The van der Waals surface area contributed by atoms with E-state index in [4.69, 9.17) is 5.11 Å². The van der Waals surface area contributed by atoms with Crippen LogP contribution in [0.4, 0.5) is 4.79 Å². The van der Waals surface area contributed by atoms with Crippen molar-refractivity contribution >= 4 is 12.0 Å². The molecule has 5 heteroatoms. The van der Waals surface area contributed by atoms with Gasteiger partial charge in [-0.1, -0.05) is 27.2 Å². The third-order valence-electron chi connectivity index (χ3n) is 4.16. The minimum Gasteiger partial charge on any atom is -0.481 e. The highest BCUT2D eigenvalue weighted by Crippen LogP contribution is 2.15. The molecule has 3 N–H and O–H groups in total. The van der Waals surface area contributed by atoms with E-state index < -0.39 is 5.97 Å². The summed E-state index contributed by atoms with van der Waals surface area (Å²) in [5.74, 6) is -0.397. The molecule has 0 aromatic carbocycles. The van der Waals surface area contributed by atoms with Gasteiger partial charge in [0.25, 0.3) is 0 Å². The SMILES string of the molecule is CCC(CCNC(=O)NC(C)(CC)CC)CCC(=O)O. The number of carboxylic acid groups (broad SMARTS) is 1. The Hall–Kier alpha value is -1.26. The highest BCUT2D eigenvalue weighted by atomic mass is 16.4. The van der Waals surface area contributed by atoms with Gasteiger partial charge >= 0.3 is 12.0 Å². The second-order valence-electron chi connectivity index (χ2n) is 5.64. The molecule has 0 fully saturated rings. The Kier molecular flexibility index (Phi) is 9.01. The first-order chi connectivity index (χ1) is 9.36. The molecule has 0 aliphatic rings. The maximum atomic E-state index is 11.8. The number of carbonyl (C=O) groups excluding carboxylic acids is 1. The second kappa shape index (κ2) is 9.61. The van der Waals surface area contributed by atoms with E-state index in [9.17, 15) is 9.59 Å². The average Bonchev–Trinajstić information content (AvgIpc) is 2.42. The summed E-state index contributed by atoms with van der Waals surface area (Å²) in [6.45, 7) is 8.80. The fourth-order valence-corrected chi connectivity index (χ4v) is 2.02. The summed E-state index contributed by atoms with van der Waals surface area (Å²) in [5.41, 5.74) is -0.155. The van der Waals surface area contributed by atoms with Gasteiger partial charge in [-0.15, -0.1) is 0 Å². The fourth-order valence-electron chi connectivity index (χ4n) is 2.02. The van der Waals surface area contributed by atoms with Crippen molar-refractivity contribution in [2.75, 3.05) is 6.54 Å². The maximum absolute atomic E-state index is 11.8. The minimum atomic E-state index is -0.754. The molecule has 0 rings (SSSR count). The molecule has 0 saturated carbocycles. The van der Waals surface area contributed by atoms with Crippen molar-refractivity contribution in [2.24, 2.45) is 5.92 Å². The molecule has 1 atom stereocenters. The van der Waals surface area contributed by atoms with Gasteiger partial charge in [0.2, 0.25) is 0 Å². The molecule has 20 heavy (non-hydrogen) atoms. The van der Waals surface area contributed by atoms with E-state index in [1.807, 2.05) is 6.92 Å². The van der Waals surface area contributed by atoms with Crippen molar-refractivity contribution in [3.05, 3.63) is 0 Å². The van der Waals surface area contributed by atoms with Gasteiger partial charge in [0.1, 0.15) is 0 Å². The zero-order valence-electron chi connectivity index (χ0n) is 13.3. The number of aliphatic carboxylic acids is 1. The predicted octanol–water partition coefficient (Wildman–Crippen LogP) is 3.15. The van der Waals surface area contributed by atoms with Gasteiger partial charge in [-0.2, -0.15) is 0 Å². The predicted molar refractivity (Wildman–Crippen MR) is 80.8 cm³/mol. The minimum absolute atomic E-state index is 0.135. The van der Waals surface area contributed by atoms with Gasteiger partial charge in [0.15, 0.2) is 0 Å². The van der Waals surface area contributed by atoms with Gasteiger partial charge in [0.05, 0.1) is 0 Å². The first kappa shape index (κ1) is 18.7. The summed E-state index contributed by atoms with van der Waals surface area (Å²) < 4.78 is 0. The zero-order valence-corrected chi connectivity index (χ0v) is 13.3. The van der Waals surface area contributed by atoms with Crippen LogP contribution in [0.5, 0.6) is 0 Å². The lowest BCUT2D eigenvalue weighted by Crippen LogP contribution is -2.49. The number of rotatable bonds is 10. The Balaban J connectivity index is 3.97. The number of carboxylic acids is 1. The molecular weight excluding hydrogens is 256 g/mol. The van der Waals surface area contributed by atoms with Gasteiger partial charge in [-0.05, 0) is 38.5 Å². The summed E-state index contributed by atoms with van der Waals surface area (Å²) in [6, 6.07) is -0.135. The molecule has 0 spiro atoms. The average molecular weight is 286 g/mol. The maximum Gasteiger partial charge on any atom is 0.315 e. The van der Waals surface area contributed by atoms with Crippen molar-refractivity contribution in [3.8, 4) is 0 Å². The summed E-state index contributed by atoms with van der Waals surface area (Å²) in [6.07, 6.45) is 4.44. The monoisotopic (exact) mass is 286 g/mol. The van der Waals surface area contributed by atoms with E-state index in [1.165, 1.54) is 0 Å². The Labute approximate surface area is 122 Å². The number of carbonyl (C=O) groups is 2. The lowest BCUT2D eigenvalue weighted by Gasteiger charge is -2.28. The van der Waals surface area contributed by atoms with Crippen LogP contribution in [0.15, 0.2) is 0 Å². The van der Waals surface area contributed by atoms with E-state index in [1.54, 1.807) is 0 Å². The van der Waals surface area contributed by atoms with Crippen LogP contribution in [-0.4, -0.2) is 29.2 Å². The molecule has 0 heterocycles. The van der Waals surface area contributed by atoms with Crippen molar-refractivity contribution in [2.45, 2.75) is 71.8 Å². The summed E-state index contributed by atoms with van der Waals surface area (Å²) in [4.78, 5) is 22.3. The molecule has 0 saturated heterocycles. The molecule has 0 aliphatic heterocycles. The van der Waals surface area contributed by atoms with E-state index in [0.717, 1.165) is 25.7 Å². The molecule has 0 bridgehead atoms. The van der Waals surface area contributed by atoms with Crippen LogP contribution in [0.1, 0.15) is 66.2 Å². The van der Waals surface area contributed by atoms with Gasteiger partial charge in [-0.25, -0.2) is 4.79 Å². The first-order valence-corrected chi connectivity index (χ1v) is 7.64. The number of nitrogens with one attached hydrogen (secondary N) is 2. The highest BCUT2D eigenvalue weighted by Gasteiger charge is 2.21. The Morgan fingerprint density at radius 2 is 1.75 bits per heavy atom. The van der Waals surface area contributed by atoms with Crippen LogP contribution in [0.25, 0.3) is 0 Å². The number of hydrogen-bond donors (Lipinski definition) is 3. The Bertz CT molecular complexity index is 301. The van der Waals surface area contributed by atoms with Gasteiger partial charge < -0.3 is 15.7 Å². The largest absolute Gasteiger partial charge is 0.481 e. The molecule has 0 radical (unpaired) electrons. The normalized spacial score (nSPS) is 12.8. The van der Waals surface area contributed by atoms with E-state index >= 15 is 0 Å². The third-order valence-corrected chi connectivity index (χ3v) is 4.16. The van der Waals surface area contributed by atoms with Gasteiger partial charge in [0, 0.05) is 18.5 Å². The van der Waals surface area contributed by atoms with E-state index in [0.29, 0.717) is 18.9 Å². The van der Waals surface area contributed by atoms with Crippen molar-refractivity contribution in [3.63, 3.8) is 0 Å². The highest BCUT2D eigenvalue weighted by molar-refractivity contribution is 5.74. The topological polar surface area (TPSA) is 78.4 Å². The molecule has 5 nitrogen and oxygen atoms in total. The molecule has 0 aromatic heterocycles. The number of urea groups is 1. The summed E-state index contributed by atoms with van der Waals surface area (Å²) in [5, 5.41) is 14.5. The van der Waals surface area contributed by atoms with Crippen LogP contribution in [0.3, 0.4) is 0 Å². The van der Waals surface area contributed by atoms with Crippen LogP contribution < -0.4 is 10.6 Å². The number of hydrogen-bond acceptors (Lipinski definition) is 2. The van der Waals surface area contributed by atoms with Crippen LogP contribution >= 0.6 is 0 Å². The quantitative estimate of drug-likeness (QED) is 0.577. The van der Waals surface area contributed by atoms with E-state index in [2.05, 4.69) is 31.4 Å². The van der Waals surface area contributed by atoms with Gasteiger partial charge in [-0.3, -0.25) is 4.79 Å². The van der Waals surface area contributed by atoms with Crippen molar-refractivity contribution in [1.82, 2.24) is 10.6 Å². The fraction of sp³-hybridized carbons (Fsp3) is 0.867. The summed E-state index contributed by atoms with van der Waals surface area (Å²) >= 11 is 0. The Morgan fingerprint density at radius 3 is 2.20 bits per heavy atom. The lowest BCUT2D eigenvalue weighted by molar-refractivity contribution is -0.137. The molecular formula is C15H30N2O3. The summed E-state index contributed by atoms with van der Waals surface area (Å²) in [7, 11) is 0. The molecule has 1 unspecified atom stereocenters. The zero-order chi connectivity index (χ0) is 15.6. The Morgan fingerprint density at radius 1 is 1.15 bits per heavy atom. The lowest BCUT2D eigenvalue weighted by atomic mass is 9.96. The van der Waals surface area contributed by atoms with Crippen LogP contribution in [-0.2, 0) is 4.79 Å². The van der Waals surface area contributed by atoms with Crippen LogP contribution in [0.2, 0.25) is 0 Å².